The van der Waals surface area contributed by atoms with E-state index in [2.05, 4.69) is 5.32 Å². The van der Waals surface area contributed by atoms with Crippen LogP contribution < -0.4 is 5.32 Å². The summed E-state index contributed by atoms with van der Waals surface area (Å²) in [4.78, 5) is 13.9. The van der Waals surface area contributed by atoms with Crippen LogP contribution in [0.5, 0.6) is 0 Å². The van der Waals surface area contributed by atoms with Gasteiger partial charge in [0.15, 0.2) is 0 Å². The monoisotopic (exact) mass is 316 g/mol. The van der Waals surface area contributed by atoms with Crippen molar-refractivity contribution < 1.29 is 9.53 Å². The van der Waals surface area contributed by atoms with Gasteiger partial charge in [-0.15, -0.1) is 12.4 Å². The zero-order valence-electron chi connectivity index (χ0n) is 11.1. The standard InChI is InChI=1S/C14H17ClN2O2.ClH/c15-12-3-1-11(2-4-12)14(5-7-16-8-6-14)17-9-10-19-13(17)18;/h1-4,16H,5-10H2;1H. The molecule has 2 aliphatic heterocycles. The number of hydrogen-bond donors (Lipinski definition) is 1. The normalized spacial score (nSPS) is 21.2. The van der Waals surface area contributed by atoms with E-state index in [0.717, 1.165) is 36.5 Å². The van der Waals surface area contributed by atoms with Crippen LogP contribution in [0.1, 0.15) is 18.4 Å². The van der Waals surface area contributed by atoms with Crippen molar-refractivity contribution in [3.05, 3.63) is 34.9 Å². The van der Waals surface area contributed by atoms with Crippen LogP contribution in [0.15, 0.2) is 24.3 Å². The molecule has 0 aromatic heterocycles. The molecule has 2 saturated heterocycles. The quantitative estimate of drug-likeness (QED) is 0.912. The Morgan fingerprint density at radius 3 is 2.40 bits per heavy atom. The molecule has 2 heterocycles. The summed E-state index contributed by atoms with van der Waals surface area (Å²) in [5, 5.41) is 4.07. The molecule has 1 aromatic carbocycles. The molecule has 6 heteroatoms. The van der Waals surface area contributed by atoms with E-state index in [9.17, 15) is 4.79 Å². The Kier molecular flexibility index (Phi) is 4.78. The smallest absolute Gasteiger partial charge is 0.410 e. The van der Waals surface area contributed by atoms with Crippen molar-refractivity contribution in [2.45, 2.75) is 18.4 Å². The summed E-state index contributed by atoms with van der Waals surface area (Å²) < 4.78 is 5.13. The van der Waals surface area contributed by atoms with E-state index in [-0.39, 0.29) is 24.0 Å². The maximum atomic E-state index is 12.0. The first-order valence-electron chi connectivity index (χ1n) is 6.63. The average molecular weight is 317 g/mol. The summed E-state index contributed by atoms with van der Waals surface area (Å²) in [5.74, 6) is 0. The minimum Gasteiger partial charge on any atom is -0.448 e. The number of carbonyl (C=O) groups is 1. The second kappa shape index (κ2) is 6.20. The van der Waals surface area contributed by atoms with E-state index in [1.165, 1.54) is 0 Å². The second-order valence-electron chi connectivity index (χ2n) is 5.05. The highest BCUT2D eigenvalue weighted by Gasteiger charge is 2.44. The molecule has 0 unspecified atom stereocenters. The molecule has 1 aromatic rings. The fourth-order valence-electron chi connectivity index (χ4n) is 3.10. The third-order valence-corrected chi connectivity index (χ3v) is 4.34. The van der Waals surface area contributed by atoms with Crippen LogP contribution in [-0.2, 0) is 10.3 Å². The Morgan fingerprint density at radius 1 is 1.20 bits per heavy atom. The largest absolute Gasteiger partial charge is 0.448 e. The summed E-state index contributed by atoms with van der Waals surface area (Å²) in [6.45, 7) is 2.97. The van der Waals surface area contributed by atoms with Gasteiger partial charge in [0.1, 0.15) is 6.61 Å². The molecule has 0 saturated carbocycles. The van der Waals surface area contributed by atoms with Crippen molar-refractivity contribution >= 4 is 30.1 Å². The average Bonchev–Trinajstić information content (AvgIpc) is 2.87. The summed E-state index contributed by atoms with van der Waals surface area (Å²) in [5.41, 5.74) is 0.904. The first-order chi connectivity index (χ1) is 9.22. The molecule has 0 radical (unpaired) electrons. The van der Waals surface area contributed by atoms with Crippen molar-refractivity contribution in [3.63, 3.8) is 0 Å². The van der Waals surface area contributed by atoms with Crippen LogP contribution >= 0.6 is 24.0 Å². The number of amides is 1. The second-order valence-corrected chi connectivity index (χ2v) is 5.49. The molecular formula is C14H18Cl2N2O2. The molecule has 0 spiro atoms. The van der Waals surface area contributed by atoms with Crippen molar-refractivity contribution in [2.75, 3.05) is 26.2 Å². The maximum Gasteiger partial charge on any atom is 0.410 e. The molecule has 1 amide bonds. The van der Waals surface area contributed by atoms with Crippen LogP contribution in [0.3, 0.4) is 0 Å². The van der Waals surface area contributed by atoms with Gasteiger partial charge in [-0.25, -0.2) is 4.79 Å². The van der Waals surface area contributed by atoms with Gasteiger partial charge < -0.3 is 10.1 Å². The molecule has 4 nitrogen and oxygen atoms in total. The molecular weight excluding hydrogens is 299 g/mol. The number of rotatable bonds is 2. The van der Waals surface area contributed by atoms with Gasteiger partial charge >= 0.3 is 6.09 Å². The van der Waals surface area contributed by atoms with E-state index in [4.69, 9.17) is 16.3 Å². The van der Waals surface area contributed by atoms with Crippen molar-refractivity contribution in [2.24, 2.45) is 0 Å². The lowest BCUT2D eigenvalue weighted by atomic mass is 9.80. The molecule has 0 bridgehead atoms. The predicted octanol–water partition coefficient (Wildman–Crippen LogP) is 2.79. The van der Waals surface area contributed by atoms with Gasteiger partial charge in [0.05, 0.1) is 12.1 Å². The van der Waals surface area contributed by atoms with Crippen LogP contribution in [-0.4, -0.2) is 37.2 Å². The lowest BCUT2D eigenvalue weighted by molar-refractivity contribution is 0.0857. The fraction of sp³-hybridized carbons (Fsp3) is 0.500. The number of hydrogen-bond acceptors (Lipinski definition) is 3. The molecule has 3 rings (SSSR count). The van der Waals surface area contributed by atoms with Crippen LogP contribution in [0.2, 0.25) is 5.02 Å². The van der Waals surface area contributed by atoms with Gasteiger partial charge in [-0.2, -0.15) is 0 Å². The van der Waals surface area contributed by atoms with Crippen molar-refractivity contribution in [1.82, 2.24) is 10.2 Å². The minimum absolute atomic E-state index is 0. The Balaban J connectivity index is 0.00000147. The molecule has 110 valence electrons. The number of cyclic esters (lactones) is 1. The first kappa shape index (κ1) is 15.4. The third kappa shape index (κ3) is 2.60. The number of carbonyl (C=O) groups excluding carboxylic acids is 1. The van der Waals surface area contributed by atoms with E-state index in [1.54, 1.807) is 0 Å². The Labute approximate surface area is 129 Å². The number of benzene rings is 1. The Bertz CT molecular complexity index is 473. The molecule has 0 atom stereocenters. The number of nitrogens with zero attached hydrogens (tertiary/aromatic N) is 1. The summed E-state index contributed by atoms with van der Waals surface area (Å²) in [6.07, 6.45) is 1.62. The molecule has 0 aliphatic carbocycles. The SMILES string of the molecule is Cl.O=C1OCCN1C1(c2ccc(Cl)cc2)CCNCC1. The van der Waals surface area contributed by atoms with Gasteiger partial charge in [0, 0.05) is 5.02 Å². The van der Waals surface area contributed by atoms with Gasteiger partial charge in [0.2, 0.25) is 0 Å². The van der Waals surface area contributed by atoms with E-state index >= 15 is 0 Å². The lowest BCUT2D eigenvalue weighted by Crippen LogP contribution is -2.52. The minimum atomic E-state index is -0.247. The fourth-order valence-corrected chi connectivity index (χ4v) is 3.22. The van der Waals surface area contributed by atoms with Gasteiger partial charge in [0.25, 0.3) is 0 Å². The highest BCUT2D eigenvalue weighted by atomic mass is 35.5. The number of halogens is 2. The van der Waals surface area contributed by atoms with Crippen LogP contribution in [0.25, 0.3) is 0 Å². The lowest BCUT2D eigenvalue weighted by Gasteiger charge is -2.44. The molecule has 2 aliphatic rings. The molecule has 20 heavy (non-hydrogen) atoms. The molecule has 2 fully saturated rings. The highest BCUT2D eigenvalue weighted by molar-refractivity contribution is 6.30. The summed E-state index contributed by atoms with van der Waals surface area (Å²) >= 11 is 5.97. The maximum absolute atomic E-state index is 12.0. The number of piperidine rings is 1. The van der Waals surface area contributed by atoms with Gasteiger partial charge in [-0.1, -0.05) is 23.7 Å². The Hall–Kier alpha value is -0.970. The predicted molar refractivity (Wildman–Crippen MR) is 80.5 cm³/mol. The van der Waals surface area contributed by atoms with Gasteiger partial charge in [-0.05, 0) is 43.6 Å². The van der Waals surface area contributed by atoms with Crippen LogP contribution in [0, 0.1) is 0 Å². The topological polar surface area (TPSA) is 41.6 Å². The number of nitrogens with one attached hydrogen (secondary N) is 1. The van der Waals surface area contributed by atoms with Crippen LogP contribution in [0.4, 0.5) is 4.79 Å². The van der Waals surface area contributed by atoms with Gasteiger partial charge in [-0.3, -0.25) is 4.90 Å². The summed E-state index contributed by atoms with van der Waals surface area (Å²) in [6, 6.07) is 7.84. The van der Waals surface area contributed by atoms with E-state index in [0.29, 0.717) is 13.2 Å². The van der Waals surface area contributed by atoms with E-state index < -0.39 is 0 Å². The highest BCUT2D eigenvalue weighted by Crippen LogP contribution is 2.39. The van der Waals surface area contributed by atoms with Crippen molar-refractivity contribution in [3.8, 4) is 0 Å². The number of ether oxygens (including phenoxy) is 1. The summed E-state index contributed by atoms with van der Waals surface area (Å²) in [7, 11) is 0. The molecule has 1 N–H and O–H groups in total. The zero-order chi connectivity index (χ0) is 13.3. The zero-order valence-corrected chi connectivity index (χ0v) is 12.7. The third-order valence-electron chi connectivity index (χ3n) is 4.09. The first-order valence-corrected chi connectivity index (χ1v) is 7.01. The Morgan fingerprint density at radius 2 is 1.85 bits per heavy atom. The van der Waals surface area contributed by atoms with E-state index in [1.807, 2.05) is 29.2 Å². The van der Waals surface area contributed by atoms with Crippen molar-refractivity contribution in [1.29, 1.82) is 0 Å².